The van der Waals surface area contributed by atoms with E-state index in [0.717, 1.165) is 11.1 Å². The van der Waals surface area contributed by atoms with Crippen molar-refractivity contribution in [2.45, 2.75) is 24.9 Å². The Morgan fingerprint density at radius 2 is 1.89 bits per heavy atom. The molecule has 0 saturated carbocycles. The first-order valence-electron chi connectivity index (χ1n) is 5.55. The van der Waals surface area contributed by atoms with E-state index in [1.54, 1.807) is 21.1 Å². The molecule has 0 spiro atoms. The van der Waals surface area contributed by atoms with Crippen molar-refractivity contribution in [2.75, 3.05) is 14.2 Å². The van der Waals surface area contributed by atoms with E-state index in [9.17, 15) is 4.79 Å². The zero-order valence-electron chi connectivity index (χ0n) is 11.0. The molecule has 0 amide bonds. The Bertz CT molecular complexity index is 431. The van der Waals surface area contributed by atoms with E-state index >= 15 is 0 Å². The second-order valence-corrected chi connectivity index (χ2v) is 5.25. The first-order chi connectivity index (χ1) is 8.49. The minimum atomic E-state index is -0.793. The second-order valence-electron chi connectivity index (χ2n) is 3.93. The molecule has 1 aromatic rings. The van der Waals surface area contributed by atoms with Gasteiger partial charge in [-0.3, -0.25) is 4.79 Å². The number of hydrogen-bond donors (Lipinski definition) is 1. The number of thioether (sulfide) groups is 1. The van der Waals surface area contributed by atoms with Gasteiger partial charge in [0, 0.05) is 5.75 Å². The third-order valence-corrected chi connectivity index (χ3v) is 3.86. The van der Waals surface area contributed by atoms with Crippen molar-refractivity contribution < 1.29 is 19.4 Å². The van der Waals surface area contributed by atoms with Crippen molar-refractivity contribution in [3.05, 3.63) is 23.3 Å². The topological polar surface area (TPSA) is 55.8 Å². The Hall–Kier alpha value is -1.36. The number of ether oxygens (including phenoxy) is 2. The average Bonchev–Trinajstić information content (AvgIpc) is 2.36. The summed E-state index contributed by atoms with van der Waals surface area (Å²) in [5.41, 5.74) is 2.13. The molecule has 18 heavy (non-hydrogen) atoms. The fourth-order valence-electron chi connectivity index (χ4n) is 1.46. The van der Waals surface area contributed by atoms with Crippen LogP contribution >= 0.6 is 11.8 Å². The first kappa shape index (κ1) is 14.7. The minimum absolute atomic E-state index is 0.419. The van der Waals surface area contributed by atoms with Gasteiger partial charge in [0.1, 0.15) is 0 Å². The molecule has 0 aromatic heterocycles. The van der Waals surface area contributed by atoms with Crippen molar-refractivity contribution >= 4 is 17.7 Å². The lowest BCUT2D eigenvalue weighted by Crippen LogP contribution is -2.11. The van der Waals surface area contributed by atoms with Crippen molar-refractivity contribution in [2.24, 2.45) is 0 Å². The molecule has 0 bridgehead atoms. The zero-order valence-corrected chi connectivity index (χ0v) is 11.8. The molecule has 5 heteroatoms. The Morgan fingerprint density at radius 1 is 1.33 bits per heavy atom. The summed E-state index contributed by atoms with van der Waals surface area (Å²) >= 11 is 1.39. The van der Waals surface area contributed by atoms with Crippen LogP contribution in [0.4, 0.5) is 0 Å². The summed E-state index contributed by atoms with van der Waals surface area (Å²) in [5, 5.41) is 8.43. The number of rotatable bonds is 6. The highest BCUT2D eigenvalue weighted by molar-refractivity contribution is 7.99. The van der Waals surface area contributed by atoms with Crippen LogP contribution < -0.4 is 9.47 Å². The minimum Gasteiger partial charge on any atom is -0.493 e. The highest BCUT2D eigenvalue weighted by atomic mass is 32.2. The molecule has 0 unspecified atom stereocenters. The molecule has 100 valence electrons. The number of carboxylic acids is 1. The first-order valence-corrected chi connectivity index (χ1v) is 6.60. The van der Waals surface area contributed by atoms with E-state index in [1.165, 1.54) is 11.8 Å². The molecule has 1 rings (SSSR count). The number of benzene rings is 1. The maximum absolute atomic E-state index is 10.8. The summed E-state index contributed by atoms with van der Waals surface area (Å²) in [6.45, 7) is 3.66. The molecular weight excluding hydrogens is 252 g/mol. The summed E-state index contributed by atoms with van der Waals surface area (Å²) < 4.78 is 10.4. The van der Waals surface area contributed by atoms with Crippen LogP contribution in [-0.2, 0) is 10.5 Å². The normalized spacial score (nSPS) is 12.0. The van der Waals surface area contributed by atoms with E-state index < -0.39 is 11.2 Å². The summed E-state index contributed by atoms with van der Waals surface area (Å²) in [6, 6.07) is 3.80. The van der Waals surface area contributed by atoms with Crippen LogP contribution in [0, 0.1) is 6.92 Å². The van der Waals surface area contributed by atoms with Gasteiger partial charge >= 0.3 is 5.97 Å². The van der Waals surface area contributed by atoms with Gasteiger partial charge in [0.2, 0.25) is 0 Å². The molecule has 0 aliphatic heterocycles. The predicted octanol–water partition coefficient (Wildman–Crippen LogP) is 2.72. The molecule has 0 aliphatic carbocycles. The lowest BCUT2D eigenvalue weighted by atomic mass is 10.1. The third kappa shape index (κ3) is 3.57. The smallest absolute Gasteiger partial charge is 0.316 e. The van der Waals surface area contributed by atoms with Crippen LogP contribution in [0.25, 0.3) is 0 Å². The van der Waals surface area contributed by atoms with Crippen molar-refractivity contribution in [3.8, 4) is 11.5 Å². The Kier molecular flexibility index (Phi) is 5.34. The summed E-state index contributed by atoms with van der Waals surface area (Å²) in [5.74, 6) is 1.20. The molecule has 0 aliphatic rings. The van der Waals surface area contributed by atoms with Gasteiger partial charge in [-0.1, -0.05) is 0 Å². The monoisotopic (exact) mass is 270 g/mol. The fourth-order valence-corrected chi connectivity index (χ4v) is 2.35. The molecule has 0 heterocycles. The van der Waals surface area contributed by atoms with Gasteiger partial charge in [0.25, 0.3) is 0 Å². The summed E-state index contributed by atoms with van der Waals surface area (Å²) in [7, 11) is 3.18. The van der Waals surface area contributed by atoms with Crippen LogP contribution in [0.2, 0.25) is 0 Å². The van der Waals surface area contributed by atoms with E-state index in [4.69, 9.17) is 14.6 Å². The molecule has 4 nitrogen and oxygen atoms in total. The lowest BCUT2D eigenvalue weighted by Gasteiger charge is -2.13. The van der Waals surface area contributed by atoms with Crippen molar-refractivity contribution in [3.63, 3.8) is 0 Å². The lowest BCUT2D eigenvalue weighted by molar-refractivity contribution is -0.136. The molecule has 1 N–H and O–H groups in total. The van der Waals surface area contributed by atoms with E-state index in [2.05, 4.69) is 0 Å². The Balaban J connectivity index is 2.86. The van der Waals surface area contributed by atoms with Crippen LogP contribution in [0.1, 0.15) is 18.1 Å². The quantitative estimate of drug-likeness (QED) is 0.861. The van der Waals surface area contributed by atoms with Crippen LogP contribution in [0.3, 0.4) is 0 Å². The number of carbonyl (C=O) groups is 1. The predicted molar refractivity (Wildman–Crippen MR) is 72.7 cm³/mol. The highest BCUT2D eigenvalue weighted by Gasteiger charge is 2.13. The van der Waals surface area contributed by atoms with Crippen molar-refractivity contribution in [1.29, 1.82) is 0 Å². The van der Waals surface area contributed by atoms with Gasteiger partial charge in [-0.25, -0.2) is 0 Å². The van der Waals surface area contributed by atoms with Gasteiger partial charge in [-0.15, -0.1) is 11.8 Å². The molecular formula is C13H18O4S. The highest BCUT2D eigenvalue weighted by Crippen LogP contribution is 2.32. The number of aliphatic carboxylic acids is 1. The maximum Gasteiger partial charge on any atom is 0.316 e. The Morgan fingerprint density at radius 3 is 2.39 bits per heavy atom. The largest absolute Gasteiger partial charge is 0.493 e. The van der Waals surface area contributed by atoms with E-state index in [-0.39, 0.29) is 0 Å². The standard InChI is InChI=1S/C13H18O4S/c1-8-5-11(16-3)12(17-4)6-10(8)7-18-9(2)13(14)15/h5-6,9H,7H2,1-4H3,(H,14,15)/t9-/m1/s1. The average molecular weight is 270 g/mol. The zero-order chi connectivity index (χ0) is 13.7. The SMILES string of the molecule is COc1cc(C)c(CS[C@H](C)C(=O)O)cc1OC. The molecule has 0 fully saturated rings. The molecule has 1 aromatic carbocycles. The summed E-state index contributed by atoms with van der Waals surface area (Å²) in [4.78, 5) is 10.8. The van der Waals surface area contributed by atoms with Crippen LogP contribution in [-0.4, -0.2) is 30.5 Å². The van der Waals surface area contributed by atoms with Crippen LogP contribution in [0.15, 0.2) is 12.1 Å². The maximum atomic E-state index is 10.8. The van der Waals surface area contributed by atoms with E-state index in [0.29, 0.717) is 17.3 Å². The molecule has 1 atom stereocenters. The van der Waals surface area contributed by atoms with Crippen LogP contribution in [0.5, 0.6) is 11.5 Å². The van der Waals surface area contributed by atoms with Gasteiger partial charge in [0.05, 0.1) is 19.5 Å². The van der Waals surface area contributed by atoms with Gasteiger partial charge in [-0.2, -0.15) is 0 Å². The third-order valence-electron chi connectivity index (χ3n) is 2.68. The molecule has 0 saturated heterocycles. The molecule has 0 radical (unpaired) electrons. The van der Waals surface area contributed by atoms with Gasteiger partial charge in [0.15, 0.2) is 11.5 Å². The Labute approximate surface area is 111 Å². The fraction of sp³-hybridized carbons (Fsp3) is 0.462. The second kappa shape index (κ2) is 6.54. The van der Waals surface area contributed by atoms with Crippen molar-refractivity contribution in [1.82, 2.24) is 0 Å². The van der Waals surface area contributed by atoms with Gasteiger partial charge < -0.3 is 14.6 Å². The van der Waals surface area contributed by atoms with E-state index in [1.807, 2.05) is 19.1 Å². The number of carboxylic acid groups (broad SMARTS) is 1. The number of methoxy groups -OCH3 is 2. The summed E-state index contributed by atoms with van der Waals surface area (Å²) in [6.07, 6.45) is 0. The number of aryl methyl sites for hydroxylation is 1. The van der Waals surface area contributed by atoms with Gasteiger partial charge in [-0.05, 0) is 37.1 Å². The number of hydrogen-bond acceptors (Lipinski definition) is 4.